The van der Waals surface area contributed by atoms with E-state index in [-0.39, 0.29) is 5.91 Å². The van der Waals surface area contributed by atoms with Gasteiger partial charge in [0.2, 0.25) is 5.91 Å². The first-order valence-corrected chi connectivity index (χ1v) is 3.39. The molecule has 0 spiro atoms. The van der Waals surface area contributed by atoms with Gasteiger partial charge in [0.1, 0.15) is 0 Å². The minimum Gasteiger partial charge on any atom is -0.352 e. The van der Waals surface area contributed by atoms with Crippen molar-refractivity contribution in [2.75, 3.05) is 6.54 Å². The lowest BCUT2D eigenvalue weighted by Gasteiger charge is -2.04. The quantitative estimate of drug-likeness (QED) is 0.448. The smallest absolute Gasteiger partial charge is 0.221 e. The van der Waals surface area contributed by atoms with Gasteiger partial charge in [-0.3, -0.25) is 4.79 Å². The molecule has 0 aromatic rings. The molecule has 2 aliphatic rings. The average Bonchev–Trinajstić information content (AvgIpc) is 2.22. The van der Waals surface area contributed by atoms with Crippen molar-refractivity contribution in [2.45, 2.75) is 24.9 Å². The zero-order valence-corrected chi connectivity index (χ0v) is 5.18. The first-order valence-electron chi connectivity index (χ1n) is 3.39. The summed E-state index contributed by atoms with van der Waals surface area (Å²) in [6, 6.07) is 0.884. The summed E-state index contributed by atoms with van der Waals surface area (Å²) < 4.78 is 0. The monoisotopic (exact) mass is 126 g/mol. The van der Waals surface area contributed by atoms with Crippen LogP contribution < -0.4 is 10.6 Å². The van der Waals surface area contributed by atoms with Crippen LogP contribution in [-0.4, -0.2) is 24.5 Å². The molecule has 0 aromatic carbocycles. The molecule has 50 valence electrons. The molecule has 2 N–H and O–H groups in total. The first-order chi connectivity index (χ1) is 4.36. The number of carbonyl (C=O) groups is 1. The minimum absolute atomic E-state index is 0.206. The van der Waals surface area contributed by atoms with Gasteiger partial charge >= 0.3 is 0 Å². The van der Waals surface area contributed by atoms with Gasteiger partial charge in [-0.15, -0.1) is 0 Å². The third-order valence-electron chi connectivity index (χ3n) is 2.10. The maximum Gasteiger partial charge on any atom is 0.221 e. The van der Waals surface area contributed by atoms with Gasteiger partial charge in [0.15, 0.2) is 0 Å². The highest BCUT2D eigenvalue weighted by atomic mass is 16.2. The Morgan fingerprint density at radius 1 is 1.44 bits per heavy atom. The fourth-order valence-electron chi connectivity index (χ4n) is 1.62. The number of hydrogen-bond acceptors (Lipinski definition) is 2. The molecule has 3 nitrogen and oxygen atoms in total. The Morgan fingerprint density at radius 3 is 3.11 bits per heavy atom. The molecule has 0 aliphatic carbocycles. The summed E-state index contributed by atoms with van der Waals surface area (Å²) in [4.78, 5) is 10.7. The molecule has 2 aliphatic heterocycles. The fourth-order valence-corrected chi connectivity index (χ4v) is 1.62. The fraction of sp³-hybridized carbons (Fsp3) is 0.833. The number of rotatable bonds is 0. The van der Waals surface area contributed by atoms with Crippen molar-refractivity contribution in [3.63, 3.8) is 0 Å². The van der Waals surface area contributed by atoms with Crippen LogP contribution in [0.5, 0.6) is 0 Å². The largest absolute Gasteiger partial charge is 0.352 e. The normalized spacial score (nSPS) is 40.7. The van der Waals surface area contributed by atoms with E-state index in [1.165, 1.54) is 0 Å². The molecule has 2 rings (SSSR count). The molecule has 9 heavy (non-hydrogen) atoms. The molecule has 0 unspecified atom stereocenters. The van der Waals surface area contributed by atoms with E-state index in [2.05, 4.69) is 10.6 Å². The molecule has 0 bridgehead atoms. The maximum absolute atomic E-state index is 10.7. The number of hydrogen-bond donors (Lipinski definition) is 2. The van der Waals surface area contributed by atoms with Crippen LogP contribution in [0.25, 0.3) is 0 Å². The molecule has 2 saturated heterocycles. The van der Waals surface area contributed by atoms with E-state index in [1.54, 1.807) is 0 Å². The number of nitrogens with one attached hydrogen (secondary N) is 2. The first kappa shape index (κ1) is 5.23. The lowest BCUT2D eigenvalue weighted by atomic mass is 10.1. The molecule has 2 fully saturated rings. The Kier molecular flexibility index (Phi) is 0.990. The zero-order valence-electron chi connectivity index (χ0n) is 5.18. The molecular formula is C6H10N2O. The molecule has 3 heteroatoms. The summed E-state index contributed by atoms with van der Waals surface area (Å²) in [5.41, 5.74) is 0. The van der Waals surface area contributed by atoms with Crippen molar-refractivity contribution in [1.29, 1.82) is 0 Å². The van der Waals surface area contributed by atoms with E-state index >= 15 is 0 Å². The van der Waals surface area contributed by atoms with Crippen LogP contribution in [0, 0.1) is 0 Å². The highest BCUT2D eigenvalue weighted by Gasteiger charge is 2.35. The second-order valence-electron chi connectivity index (χ2n) is 2.73. The Morgan fingerprint density at radius 2 is 2.33 bits per heavy atom. The second kappa shape index (κ2) is 1.70. The molecule has 0 radical (unpaired) electrons. The Balaban J connectivity index is 2.09. The van der Waals surface area contributed by atoms with Crippen LogP contribution >= 0.6 is 0 Å². The van der Waals surface area contributed by atoms with Crippen molar-refractivity contribution >= 4 is 5.91 Å². The Hall–Kier alpha value is -0.570. The van der Waals surface area contributed by atoms with Crippen molar-refractivity contribution in [3.8, 4) is 0 Å². The summed E-state index contributed by atoms with van der Waals surface area (Å²) in [5.74, 6) is 0.206. The third kappa shape index (κ3) is 0.721. The number of fused-ring (bicyclic) bond motifs is 1. The van der Waals surface area contributed by atoms with E-state index in [1.807, 2.05) is 0 Å². The van der Waals surface area contributed by atoms with E-state index in [0.717, 1.165) is 13.0 Å². The molecule has 2 atom stereocenters. The molecule has 0 saturated carbocycles. The van der Waals surface area contributed by atoms with Crippen LogP contribution in [0.15, 0.2) is 0 Å². The zero-order chi connectivity index (χ0) is 6.27. The van der Waals surface area contributed by atoms with Gasteiger partial charge in [0, 0.05) is 18.5 Å². The summed E-state index contributed by atoms with van der Waals surface area (Å²) >= 11 is 0. The van der Waals surface area contributed by atoms with Crippen LogP contribution in [0.4, 0.5) is 0 Å². The lowest BCUT2D eigenvalue weighted by Crippen LogP contribution is -2.30. The van der Waals surface area contributed by atoms with E-state index in [4.69, 9.17) is 0 Å². The van der Waals surface area contributed by atoms with E-state index in [0.29, 0.717) is 18.5 Å². The van der Waals surface area contributed by atoms with Gasteiger partial charge in [-0.05, 0) is 13.0 Å². The van der Waals surface area contributed by atoms with Crippen molar-refractivity contribution in [3.05, 3.63) is 0 Å². The van der Waals surface area contributed by atoms with Crippen LogP contribution in [-0.2, 0) is 4.79 Å². The second-order valence-corrected chi connectivity index (χ2v) is 2.73. The van der Waals surface area contributed by atoms with Gasteiger partial charge in [-0.1, -0.05) is 0 Å². The van der Waals surface area contributed by atoms with Gasteiger partial charge in [0.05, 0.1) is 0 Å². The van der Waals surface area contributed by atoms with Gasteiger partial charge < -0.3 is 10.6 Å². The van der Waals surface area contributed by atoms with Crippen LogP contribution in [0.3, 0.4) is 0 Å². The molecule has 2 heterocycles. The summed E-state index contributed by atoms with van der Waals surface area (Å²) in [6.45, 7) is 1.07. The standard InChI is InChI=1S/C6H10N2O/c9-6-3-5-4(8-6)1-2-7-5/h4-5,7H,1-3H2,(H,8,9)/t4-,5+/m1/s1. The predicted molar refractivity (Wildman–Crippen MR) is 33.0 cm³/mol. The van der Waals surface area contributed by atoms with Gasteiger partial charge in [-0.2, -0.15) is 0 Å². The topological polar surface area (TPSA) is 41.1 Å². The van der Waals surface area contributed by atoms with Crippen molar-refractivity contribution < 1.29 is 4.79 Å². The van der Waals surface area contributed by atoms with Crippen molar-refractivity contribution in [1.82, 2.24) is 10.6 Å². The predicted octanol–water partition coefficient (Wildman–Crippen LogP) is -0.763. The Bertz CT molecular complexity index is 132. The number of amides is 1. The van der Waals surface area contributed by atoms with Crippen LogP contribution in [0.2, 0.25) is 0 Å². The SMILES string of the molecule is O=C1C[C@@H]2NCC[C@H]2N1. The maximum atomic E-state index is 10.7. The van der Waals surface area contributed by atoms with E-state index < -0.39 is 0 Å². The highest BCUT2D eigenvalue weighted by molar-refractivity contribution is 5.79. The highest BCUT2D eigenvalue weighted by Crippen LogP contribution is 2.15. The van der Waals surface area contributed by atoms with Gasteiger partial charge in [0.25, 0.3) is 0 Å². The molecule has 1 amide bonds. The van der Waals surface area contributed by atoms with Gasteiger partial charge in [-0.25, -0.2) is 0 Å². The number of carbonyl (C=O) groups excluding carboxylic acids is 1. The minimum atomic E-state index is 0.206. The molecule has 0 aromatic heterocycles. The third-order valence-corrected chi connectivity index (χ3v) is 2.10. The summed E-state index contributed by atoms with van der Waals surface area (Å²) in [6.07, 6.45) is 1.79. The van der Waals surface area contributed by atoms with E-state index in [9.17, 15) is 4.79 Å². The Labute approximate surface area is 53.8 Å². The van der Waals surface area contributed by atoms with Crippen LogP contribution in [0.1, 0.15) is 12.8 Å². The summed E-state index contributed by atoms with van der Waals surface area (Å²) in [5, 5.41) is 6.18. The lowest BCUT2D eigenvalue weighted by molar-refractivity contribution is -0.119. The van der Waals surface area contributed by atoms with Crippen molar-refractivity contribution in [2.24, 2.45) is 0 Å². The summed E-state index contributed by atoms with van der Waals surface area (Å²) in [7, 11) is 0. The average molecular weight is 126 g/mol. The molecular weight excluding hydrogens is 116 g/mol.